The van der Waals surface area contributed by atoms with Crippen molar-refractivity contribution in [3.05, 3.63) is 71.0 Å². The Balaban J connectivity index is 2.48. The summed E-state index contributed by atoms with van der Waals surface area (Å²) in [6.07, 6.45) is -4.76. The first-order chi connectivity index (χ1) is 12.4. The number of alkyl halides is 3. The van der Waals surface area contributed by atoms with E-state index in [4.69, 9.17) is 0 Å². The third kappa shape index (κ3) is 4.66. The van der Waals surface area contributed by atoms with E-state index in [0.29, 0.717) is 18.2 Å². The van der Waals surface area contributed by atoms with Crippen molar-refractivity contribution in [2.75, 3.05) is 14.1 Å². The summed E-state index contributed by atoms with van der Waals surface area (Å²) >= 11 is 0. The van der Waals surface area contributed by atoms with Gasteiger partial charge in [0.2, 0.25) is 0 Å². The number of rotatable bonds is 5. The minimum absolute atomic E-state index is 0.582. The van der Waals surface area contributed by atoms with Crippen LogP contribution < -0.4 is 5.32 Å². The van der Waals surface area contributed by atoms with E-state index in [1.54, 1.807) is 30.3 Å². The summed E-state index contributed by atoms with van der Waals surface area (Å²) in [6, 6.07) is 10.2. The molecule has 7 heteroatoms. The van der Waals surface area contributed by atoms with Gasteiger partial charge in [0.1, 0.15) is 5.82 Å². The zero-order chi connectivity index (χ0) is 20.4. The van der Waals surface area contributed by atoms with E-state index in [1.807, 2.05) is 32.8 Å². The topological polar surface area (TPSA) is 32.3 Å². The summed E-state index contributed by atoms with van der Waals surface area (Å²) in [5.41, 5.74) is -1.80. The standard InChI is InChI=1S/C20H22F4N2O/c1-19(2,26(3)4)17(13-8-6-5-7-9-13)25-18(27)15-12-14(21)10-11-16(15)20(22,23)24/h5-12,17H,1-4H3,(H,25,27). The number of amides is 1. The molecule has 2 rings (SSSR count). The van der Waals surface area contributed by atoms with Crippen molar-refractivity contribution in [3.8, 4) is 0 Å². The van der Waals surface area contributed by atoms with Crippen molar-refractivity contribution in [3.63, 3.8) is 0 Å². The van der Waals surface area contributed by atoms with E-state index in [9.17, 15) is 22.4 Å². The lowest BCUT2D eigenvalue weighted by atomic mass is 9.87. The van der Waals surface area contributed by atoms with Crippen LogP contribution in [0.25, 0.3) is 0 Å². The van der Waals surface area contributed by atoms with Crippen molar-refractivity contribution in [1.29, 1.82) is 0 Å². The van der Waals surface area contributed by atoms with Gasteiger partial charge in [0.15, 0.2) is 0 Å². The highest BCUT2D eigenvalue weighted by molar-refractivity contribution is 5.96. The number of carbonyl (C=O) groups excluding carboxylic acids is 1. The fourth-order valence-electron chi connectivity index (χ4n) is 2.73. The van der Waals surface area contributed by atoms with Gasteiger partial charge < -0.3 is 10.2 Å². The highest BCUT2D eigenvalue weighted by Gasteiger charge is 2.38. The second-order valence-electron chi connectivity index (χ2n) is 7.05. The molecular formula is C20H22F4N2O. The first kappa shape index (κ1) is 20.9. The molecule has 146 valence electrons. The van der Waals surface area contributed by atoms with Gasteiger partial charge in [-0.15, -0.1) is 0 Å². The van der Waals surface area contributed by atoms with E-state index in [0.717, 1.165) is 5.56 Å². The minimum atomic E-state index is -4.76. The second-order valence-corrected chi connectivity index (χ2v) is 7.05. The van der Waals surface area contributed by atoms with Gasteiger partial charge in [-0.2, -0.15) is 13.2 Å². The molecule has 0 aliphatic carbocycles. The molecule has 2 aromatic rings. The summed E-state index contributed by atoms with van der Waals surface area (Å²) in [7, 11) is 3.62. The average Bonchev–Trinajstić information content (AvgIpc) is 2.58. The highest BCUT2D eigenvalue weighted by Crippen LogP contribution is 2.34. The van der Waals surface area contributed by atoms with Crippen molar-refractivity contribution in [2.24, 2.45) is 0 Å². The zero-order valence-corrected chi connectivity index (χ0v) is 15.6. The van der Waals surface area contributed by atoms with Gasteiger partial charge in [0, 0.05) is 5.54 Å². The third-order valence-corrected chi connectivity index (χ3v) is 4.80. The second kappa shape index (κ2) is 7.68. The van der Waals surface area contributed by atoms with E-state index in [2.05, 4.69) is 5.32 Å². The lowest BCUT2D eigenvalue weighted by Crippen LogP contribution is -2.51. The molecule has 2 aromatic carbocycles. The predicted octanol–water partition coefficient (Wildman–Crippen LogP) is 4.66. The quantitative estimate of drug-likeness (QED) is 0.763. The van der Waals surface area contributed by atoms with E-state index >= 15 is 0 Å². The van der Waals surface area contributed by atoms with Gasteiger partial charge in [-0.1, -0.05) is 30.3 Å². The third-order valence-electron chi connectivity index (χ3n) is 4.80. The Morgan fingerprint density at radius 3 is 2.15 bits per heavy atom. The summed E-state index contributed by atoms with van der Waals surface area (Å²) in [6.45, 7) is 3.72. The normalized spacial score (nSPS) is 13.5. The van der Waals surface area contributed by atoms with Crippen LogP contribution in [-0.4, -0.2) is 30.4 Å². The SMILES string of the molecule is CN(C)C(C)(C)C(NC(=O)c1cc(F)ccc1C(F)(F)F)c1ccccc1. The van der Waals surface area contributed by atoms with Crippen molar-refractivity contribution < 1.29 is 22.4 Å². The van der Waals surface area contributed by atoms with Crippen LogP contribution >= 0.6 is 0 Å². The Morgan fingerprint density at radius 1 is 1.04 bits per heavy atom. The molecule has 0 aliphatic rings. The fraction of sp³-hybridized carbons (Fsp3) is 0.350. The van der Waals surface area contributed by atoms with Crippen molar-refractivity contribution in [1.82, 2.24) is 10.2 Å². The molecule has 1 amide bonds. The molecule has 1 atom stereocenters. The van der Waals surface area contributed by atoms with Crippen LogP contribution in [0, 0.1) is 5.82 Å². The first-order valence-electron chi connectivity index (χ1n) is 8.34. The molecule has 0 saturated heterocycles. The predicted molar refractivity (Wildman–Crippen MR) is 95.8 cm³/mol. The van der Waals surface area contributed by atoms with Crippen molar-refractivity contribution >= 4 is 5.91 Å². The molecule has 0 saturated carbocycles. The largest absolute Gasteiger partial charge is 0.417 e. The number of benzene rings is 2. The Labute approximate surface area is 156 Å². The first-order valence-corrected chi connectivity index (χ1v) is 8.34. The van der Waals surface area contributed by atoms with Gasteiger partial charge in [-0.3, -0.25) is 4.79 Å². The number of likely N-dealkylation sites (N-methyl/N-ethyl adjacent to an activating group) is 1. The molecule has 0 bridgehead atoms. The lowest BCUT2D eigenvalue weighted by Gasteiger charge is -2.41. The molecule has 0 radical (unpaired) electrons. The number of hydrogen-bond donors (Lipinski definition) is 1. The van der Waals surface area contributed by atoms with Gasteiger partial charge in [0.25, 0.3) is 5.91 Å². The Hall–Kier alpha value is -2.41. The van der Waals surface area contributed by atoms with Crippen LogP contribution in [0.4, 0.5) is 17.6 Å². The van der Waals surface area contributed by atoms with E-state index < -0.39 is 40.6 Å². The monoisotopic (exact) mass is 382 g/mol. The molecule has 0 fully saturated rings. The molecule has 0 spiro atoms. The maximum atomic E-state index is 13.6. The van der Waals surface area contributed by atoms with Crippen LogP contribution in [-0.2, 0) is 6.18 Å². The van der Waals surface area contributed by atoms with Crippen LogP contribution in [0.1, 0.15) is 41.4 Å². The maximum Gasteiger partial charge on any atom is 0.417 e. The van der Waals surface area contributed by atoms with Crippen LogP contribution in [0.5, 0.6) is 0 Å². The summed E-state index contributed by atoms with van der Waals surface area (Å²) < 4.78 is 53.3. The smallest absolute Gasteiger partial charge is 0.343 e. The van der Waals surface area contributed by atoms with Gasteiger partial charge in [-0.05, 0) is 51.7 Å². The number of nitrogens with one attached hydrogen (secondary N) is 1. The highest BCUT2D eigenvalue weighted by atomic mass is 19.4. The van der Waals surface area contributed by atoms with Crippen LogP contribution in [0.2, 0.25) is 0 Å². The Morgan fingerprint density at radius 2 is 1.63 bits per heavy atom. The van der Waals surface area contributed by atoms with Crippen LogP contribution in [0.15, 0.2) is 48.5 Å². The molecule has 1 N–H and O–H groups in total. The molecule has 27 heavy (non-hydrogen) atoms. The number of halogens is 4. The zero-order valence-electron chi connectivity index (χ0n) is 15.6. The average molecular weight is 382 g/mol. The number of hydrogen-bond acceptors (Lipinski definition) is 2. The van der Waals surface area contributed by atoms with Gasteiger partial charge >= 0.3 is 6.18 Å². The molecular weight excluding hydrogens is 360 g/mol. The minimum Gasteiger partial charge on any atom is -0.343 e. The molecule has 3 nitrogen and oxygen atoms in total. The molecule has 1 unspecified atom stereocenters. The Kier molecular flexibility index (Phi) is 5.94. The molecule has 0 heterocycles. The molecule has 0 aliphatic heterocycles. The van der Waals surface area contributed by atoms with E-state index in [1.165, 1.54) is 0 Å². The number of nitrogens with zero attached hydrogens (tertiary/aromatic N) is 1. The van der Waals surface area contributed by atoms with Gasteiger partial charge in [-0.25, -0.2) is 4.39 Å². The lowest BCUT2D eigenvalue weighted by molar-refractivity contribution is -0.138. The Bertz CT molecular complexity index is 801. The van der Waals surface area contributed by atoms with Gasteiger partial charge in [0.05, 0.1) is 17.2 Å². The summed E-state index contributed by atoms with van der Waals surface area (Å²) in [4.78, 5) is 14.6. The van der Waals surface area contributed by atoms with Crippen LogP contribution in [0.3, 0.4) is 0 Å². The molecule has 0 aromatic heterocycles. The number of carbonyl (C=O) groups is 1. The maximum absolute atomic E-state index is 13.6. The summed E-state index contributed by atoms with van der Waals surface area (Å²) in [5, 5.41) is 2.66. The van der Waals surface area contributed by atoms with Crippen molar-refractivity contribution in [2.45, 2.75) is 31.6 Å². The fourth-order valence-corrected chi connectivity index (χ4v) is 2.73. The summed E-state index contributed by atoms with van der Waals surface area (Å²) in [5.74, 6) is -1.89. The van der Waals surface area contributed by atoms with E-state index in [-0.39, 0.29) is 0 Å².